The van der Waals surface area contributed by atoms with Crippen molar-refractivity contribution in [2.75, 3.05) is 19.3 Å². The van der Waals surface area contributed by atoms with E-state index in [4.69, 9.17) is 5.26 Å². The summed E-state index contributed by atoms with van der Waals surface area (Å²) >= 11 is 0. The Labute approximate surface area is 150 Å². The van der Waals surface area contributed by atoms with Crippen LogP contribution in [0.2, 0.25) is 0 Å². The molecule has 0 saturated carbocycles. The summed E-state index contributed by atoms with van der Waals surface area (Å²) in [5, 5.41) is 8.88. The molecule has 1 aromatic rings. The highest BCUT2D eigenvalue weighted by Crippen LogP contribution is 2.23. The van der Waals surface area contributed by atoms with E-state index < -0.39 is 10.0 Å². The molecule has 7 heteroatoms. The number of amides is 1. The average Bonchev–Trinajstić information content (AvgIpc) is 2.58. The van der Waals surface area contributed by atoms with Crippen molar-refractivity contribution in [2.45, 2.75) is 39.3 Å². The van der Waals surface area contributed by atoms with Crippen molar-refractivity contribution >= 4 is 15.9 Å². The maximum atomic E-state index is 13.0. The van der Waals surface area contributed by atoms with Crippen molar-refractivity contribution in [1.29, 1.82) is 5.26 Å². The number of hydrogen-bond acceptors (Lipinski definition) is 4. The molecule has 0 bridgehead atoms. The summed E-state index contributed by atoms with van der Waals surface area (Å²) in [6, 6.07) is 9.28. The predicted molar refractivity (Wildman–Crippen MR) is 96.0 cm³/mol. The summed E-state index contributed by atoms with van der Waals surface area (Å²) in [4.78, 5) is 14.8. The third-order valence-electron chi connectivity index (χ3n) is 4.54. The van der Waals surface area contributed by atoms with E-state index in [0.29, 0.717) is 31.5 Å². The van der Waals surface area contributed by atoms with Gasteiger partial charge in [0.25, 0.3) is 0 Å². The minimum absolute atomic E-state index is 0.00675. The van der Waals surface area contributed by atoms with Crippen LogP contribution < -0.4 is 0 Å². The number of carbonyl (C=O) groups excluding carboxylic acids is 1. The fourth-order valence-electron chi connectivity index (χ4n) is 3.08. The molecule has 1 saturated heterocycles. The van der Waals surface area contributed by atoms with E-state index in [1.165, 1.54) is 10.6 Å². The number of piperidine rings is 1. The van der Waals surface area contributed by atoms with Crippen LogP contribution in [0.4, 0.5) is 0 Å². The lowest BCUT2D eigenvalue weighted by atomic mass is 9.97. The SMILES string of the molecule is CC(C)N(Cc1ccc(C#N)cc1)C(=O)C1CCCN(S(C)(=O)=O)C1. The van der Waals surface area contributed by atoms with Gasteiger partial charge in [0.05, 0.1) is 23.8 Å². The quantitative estimate of drug-likeness (QED) is 0.801. The van der Waals surface area contributed by atoms with Crippen molar-refractivity contribution in [3.8, 4) is 6.07 Å². The second kappa shape index (κ2) is 7.98. The van der Waals surface area contributed by atoms with Gasteiger partial charge in [-0.1, -0.05) is 12.1 Å². The summed E-state index contributed by atoms with van der Waals surface area (Å²) in [5.41, 5.74) is 1.54. The van der Waals surface area contributed by atoms with Crippen LogP contribution >= 0.6 is 0 Å². The maximum absolute atomic E-state index is 13.0. The second-order valence-corrected chi connectivity index (χ2v) is 8.81. The van der Waals surface area contributed by atoms with Gasteiger partial charge in [0.2, 0.25) is 15.9 Å². The number of hydrogen-bond donors (Lipinski definition) is 0. The van der Waals surface area contributed by atoms with Crippen LogP contribution in [0, 0.1) is 17.2 Å². The highest BCUT2D eigenvalue weighted by atomic mass is 32.2. The second-order valence-electron chi connectivity index (χ2n) is 6.83. The van der Waals surface area contributed by atoms with Gasteiger partial charge in [-0.3, -0.25) is 4.79 Å². The van der Waals surface area contributed by atoms with Crippen molar-refractivity contribution < 1.29 is 13.2 Å². The fourth-order valence-corrected chi connectivity index (χ4v) is 3.99. The zero-order valence-corrected chi connectivity index (χ0v) is 15.8. The van der Waals surface area contributed by atoms with E-state index in [0.717, 1.165) is 5.56 Å². The largest absolute Gasteiger partial charge is 0.336 e. The lowest BCUT2D eigenvalue weighted by Gasteiger charge is -2.35. The van der Waals surface area contributed by atoms with Gasteiger partial charge in [0.15, 0.2) is 0 Å². The van der Waals surface area contributed by atoms with Gasteiger partial charge in [-0.2, -0.15) is 5.26 Å². The summed E-state index contributed by atoms with van der Waals surface area (Å²) in [6.45, 7) is 5.11. The van der Waals surface area contributed by atoms with E-state index in [2.05, 4.69) is 6.07 Å². The van der Waals surface area contributed by atoms with Crippen molar-refractivity contribution in [1.82, 2.24) is 9.21 Å². The Balaban J connectivity index is 2.13. The van der Waals surface area contributed by atoms with Gasteiger partial charge in [0.1, 0.15) is 0 Å². The molecular weight excluding hydrogens is 338 g/mol. The Bertz CT molecular complexity index is 751. The predicted octanol–water partition coefficient (Wildman–Crippen LogP) is 1.97. The van der Waals surface area contributed by atoms with Crippen LogP contribution in [0.15, 0.2) is 24.3 Å². The zero-order valence-electron chi connectivity index (χ0n) is 15.0. The van der Waals surface area contributed by atoms with Crippen LogP contribution in [0.3, 0.4) is 0 Å². The molecular formula is C18H25N3O3S. The van der Waals surface area contributed by atoms with Crippen LogP contribution in [0.25, 0.3) is 0 Å². The lowest BCUT2D eigenvalue weighted by Crippen LogP contribution is -2.48. The van der Waals surface area contributed by atoms with E-state index in [1.807, 2.05) is 26.0 Å². The molecule has 1 aliphatic heterocycles. The number of nitriles is 1. The average molecular weight is 363 g/mol. The number of sulfonamides is 1. The molecule has 6 nitrogen and oxygen atoms in total. The number of rotatable bonds is 5. The van der Waals surface area contributed by atoms with Crippen LogP contribution in [0.5, 0.6) is 0 Å². The first-order chi connectivity index (χ1) is 11.7. The van der Waals surface area contributed by atoms with E-state index >= 15 is 0 Å². The molecule has 1 aromatic carbocycles. The molecule has 25 heavy (non-hydrogen) atoms. The monoisotopic (exact) mass is 363 g/mol. The van der Waals surface area contributed by atoms with Gasteiger partial charge in [-0.25, -0.2) is 12.7 Å². The first kappa shape index (κ1) is 19.4. The number of benzene rings is 1. The lowest BCUT2D eigenvalue weighted by molar-refractivity contribution is -0.139. The van der Waals surface area contributed by atoms with Gasteiger partial charge in [0, 0.05) is 25.7 Å². The molecule has 1 amide bonds. The highest BCUT2D eigenvalue weighted by Gasteiger charge is 2.33. The van der Waals surface area contributed by atoms with Crippen LogP contribution in [-0.4, -0.2) is 48.9 Å². The minimum Gasteiger partial charge on any atom is -0.336 e. The third kappa shape index (κ3) is 5.03. The molecule has 1 atom stereocenters. The Morgan fingerprint density at radius 2 is 2.00 bits per heavy atom. The summed E-state index contributed by atoms with van der Waals surface area (Å²) in [5.74, 6) is -0.308. The molecule has 0 N–H and O–H groups in total. The topological polar surface area (TPSA) is 81.5 Å². The molecule has 1 heterocycles. The summed E-state index contributed by atoms with van der Waals surface area (Å²) < 4.78 is 25.0. The molecule has 0 radical (unpaired) electrons. The molecule has 1 unspecified atom stereocenters. The van der Waals surface area contributed by atoms with E-state index in [-0.39, 0.29) is 24.4 Å². The molecule has 2 rings (SSSR count). The normalized spacial score (nSPS) is 18.8. The number of nitrogens with zero attached hydrogens (tertiary/aromatic N) is 3. The van der Waals surface area contributed by atoms with Gasteiger partial charge >= 0.3 is 0 Å². The van der Waals surface area contributed by atoms with Gasteiger partial charge in [-0.15, -0.1) is 0 Å². The summed E-state index contributed by atoms with van der Waals surface area (Å²) in [6.07, 6.45) is 2.60. The maximum Gasteiger partial charge on any atom is 0.227 e. The highest BCUT2D eigenvalue weighted by molar-refractivity contribution is 7.88. The molecule has 0 aromatic heterocycles. The van der Waals surface area contributed by atoms with Crippen molar-refractivity contribution in [2.24, 2.45) is 5.92 Å². The van der Waals surface area contributed by atoms with Gasteiger partial charge in [-0.05, 0) is 44.4 Å². The van der Waals surface area contributed by atoms with Gasteiger partial charge < -0.3 is 4.90 Å². The molecule has 136 valence electrons. The molecule has 1 fully saturated rings. The Hall–Kier alpha value is -1.91. The van der Waals surface area contributed by atoms with E-state index in [1.54, 1.807) is 17.0 Å². The fraction of sp³-hybridized carbons (Fsp3) is 0.556. The minimum atomic E-state index is -3.27. The first-order valence-corrected chi connectivity index (χ1v) is 10.3. The van der Waals surface area contributed by atoms with Crippen LogP contribution in [-0.2, 0) is 21.4 Å². The van der Waals surface area contributed by atoms with E-state index in [9.17, 15) is 13.2 Å². The Morgan fingerprint density at radius 3 is 2.52 bits per heavy atom. The molecule has 0 aliphatic carbocycles. The molecule has 1 aliphatic rings. The Kier molecular flexibility index (Phi) is 6.20. The summed E-state index contributed by atoms with van der Waals surface area (Å²) in [7, 11) is -3.27. The standard InChI is InChI=1S/C18H25N3O3S/c1-14(2)21(12-16-8-6-15(11-19)7-9-16)18(22)17-5-4-10-20(13-17)25(3,23)24/h6-9,14,17H,4-5,10,12-13H2,1-3H3. The third-order valence-corrected chi connectivity index (χ3v) is 5.81. The first-order valence-electron chi connectivity index (χ1n) is 8.47. The van der Waals surface area contributed by atoms with Crippen molar-refractivity contribution in [3.63, 3.8) is 0 Å². The van der Waals surface area contributed by atoms with Crippen LogP contribution in [0.1, 0.15) is 37.8 Å². The smallest absolute Gasteiger partial charge is 0.227 e. The number of carbonyl (C=O) groups is 1. The Morgan fingerprint density at radius 1 is 1.36 bits per heavy atom. The molecule has 0 spiro atoms. The van der Waals surface area contributed by atoms with Crippen molar-refractivity contribution in [3.05, 3.63) is 35.4 Å². The zero-order chi connectivity index (χ0) is 18.6.